The molecule has 240 valence electrons. The number of aliphatic carboxylic acids is 1. The van der Waals surface area contributed by atoms with Gasteiger partial charge in [-0.25, -0.2) is 4.79 Å². The number of carboxylic acid groups (broad SMARTS) is 1. The van der Waals surface area contributed by atoms with Crippen molar-refractivity contribution >= 4 is 53.9 Å². The largest absolute Gasteiger partial charge is 0.480 e. The average Bonchev–Trinajstić information content (AvgIpc) is 2.96. The van der Waals surface area contributed by atoms with E-state index in [9.17, 15) is 59.7 Å². The number of aliphatic hydroxyl groups excluding tert-OH is 6. The molecule has 0 spiro atoms. The molecule has 16 nitrogen and oxygen atoms in total. The fourth-order valence-corrected chi connectivity index (χ4v) is 6.30. The van der Waals surface area contributed by atoms with Gasteiger partial charge in [-0.3, -0.25) is 9.59 Å². The summed E-state index contributed by atoms with van der Waals surface area (Å²) in [4.78, 5) is 57.8. The summed E-state index contributed by atoms with van der Waals surface area (Å²) < 4.78 is 10.5. The van der Waals surface area contributed by atoms with Gasteiger partial charge in [-0.1, -0.05) is 0 Å². The molecule has 42 heavy (non-hydrogen) atoms. The van der Waals surface area contributed by atoms with Crippen molar-refractivity contribution in [1.29, 1.82) is 0 Å². The molecule has 0 saturated carbocycles. The molecule has 2 heterocycles. The lowest BCUT2D eigenvalue weighted by atomic mass is 10.0. The Kier molecular flexibility index (Phi) is 15.6. The van der Waals surface area contributed by atoms with Crippen molar-refractivity contribution in [3.63, 3.8) is 0 Å². The second-order valence-electron chi connectivity index (χ2n) is 9.70. The first-order valence-corrected chi connectivity index (χ1v) is 15.3. The summed E-state index contributed by atoms with van der Waals surface area (Å²) in [7, 11) is 0. The molecule has 0 aromatic heterocycles. The number of ether oxygens (including phenoxy) is 2. The van der Waals surface area contributed by atoms with Crippen LogP contribution < -0.4 is 10.6 Å². The highest BCUT2D eigenvalue weighted by atomic mass is 32.2. The van der Waals surface area contributed by atoms with Crippen LogP contribution in [0.25, 0.3) is 0 Å². The van der Waals surface area contributed by atoms with Crippen molar-refractivity contribution in [1.82, 2.24) is 10.6 Å². The van der Waals surface area contributed by atoms with E-state index in [4.69, 9.17) is 9.47 Å². The molecule has 0 aliphatic carbocycles. The van der Waals surface area contributed by atoms with Gasteiger partial charge in [0, 0.05) is 30.9 Å². The number of unbranched alkanes of at least 4 members (excludes halogenated alkanes) is 1. The highest BCUT2D eigenvalue weighted by Crippen LogP contribution is 2.29. The number of thioether (sulfide) groups is 2. The molecule has 2 aliphatic heterocycles. The number of aliphatic hydroxyl groups is 6. The Morgan fingerprint density at radius 2 is 1.19 bits per heavy atom. The third-order valence-corrected chi connectivity index (χ3v) is 8.90. The van der Waals surface area contributed by atoms with Gasteiger partial charge in [-0.2, -0.15) is 0 Å². The quantitative estimate of drug-likeness (QED) is 0.0542. The molecule has 11 atom stereocenters. The zero-order valence-electron chi connectivity index (χ0n) is 22.5. The lowest BCUT2D eigenvalue weighted by Crippen LogP contribution is -2.57. The molecule has 0 aromatic carbocycles. The molecule has 2 fully saturated rings. The summed E-state index contributed by atoms with van der Waals surface area (Å²) in [6, 6.07) is -1.17. The van der Waals surface area contributed by atoms with E-state index in [1.807, 2.05) is 0 Å². The average molecular weight is 643 g/mol. The number of carbonyl (C=O) groups is 5. The molecule has 2 aliphatic rings. The Labute approximate surface area is 249 Å². The van der Waals surface area contributed by atoms with Gasteiger partial charge < -0.3 is 65.4 Å². The van der Waals surface area contributed by atoms with Gasteiger partial charge in [0.1, 0.15) is 65.7 Å². The minimum absolute atomic E-state index is 0.0335. The molecule has 0 unspecified atom stereocenters. The lowest BCUT2D eigenvalue weighted by molar-refractivity contribution is -0.193. The maximum Gasteiger partial charge on any atom is 0.326 e. The third kappa shape index (κ3) is 10.7. The first-order chi connectivity index (χ1) is 19.9. The maximum absolute atomic E-state index is 12.2. The fourth-order valence-electron chi connectivity index (χ4n) is 4.10. The molecule has 0 radical (unpaired) electrons. The first-order valence-electron chi connectivity index (χ1n) is 13.2. The molecule has 2 saturated heterocycles. The van der Waals surface area contributed by atoms with Crippen LogP contribution in [0.2, 0.25) is 0 Å². The lowest BCUT2D eigenvalue weighted by Gasteiger charge is -2.38. The monoisotopic (exact) mass is 642 g/mol. The fraction of sp³-hybridized carbons (Fsp3) is 0.792. The summed E-state index contributed by atoms with van der Waals surface area (Å²) in [6.45, 7) is 0.243. The van der Waals surface area contributed by atoms with Gasteiger partial charge in [0.15, 0.2) is 12.6 Å². The second kappa shape index (κ2) is 18.1. The van der Waals surface area contributed by atoms with E-state index in [1.165, 1.54) is 0 Å². The van der Waals surface area contributed by atoms with Crippen molar-refractivity contribution in [2.75, 3.05) is 18.1 Å². The Balaban J connectivity index is 1.61. The van der Waals surface area contributed by atoms with Crippen molar-refractivity contribution < 1.29 is 69.2 Å². The topological polar surface area (TPSA) is 269 Å². The van der Waals surface area contributed by atoms with Crippen molar-refractivity contribution in [2.45, 2.75) is 97.8 Å². The minimum atomic E-state index is -1.60. The standard InChI is InChI=1S/C24H38N2O14S2/c27-9-12-16(31)18(33)20(35)23(39-12)41-7-4-14(29)25-6-2-1-3-11(22(37)38)26-15(30)5-8-42-24-21(36)19(34)17(32)13(10-28)40-24/h9-13,16-21,23-24,31-36H,1-8H2,(H,25,29)(H,26,30)(H,37,38)/t11-,12+,13+,16-,17-,18-,19-,20+,21+,23+,24+/m0/s1. The summed E-state index contributed by atoms with van der Waals surface area (Å²) in [6.07, 6.45) is -10.4. The number of carbonyl (C=O) groups excluding carboxylic acids is 4. The Bertz CT molecular complexity index is 916. The van der Waals surface area contributed by atoms with Crippen LogP contribution in [0.4, 0.5) is 0 Å². The molecule has 0 aromatic rings. The number of aldehydes is 2. The van der Waals surface area contributed by atoms with E-state index >= 15 is 0 Å². The number of amides is 2. The van der Waals surface area contributed by atoms with Crippen molar-refractivity contribution in [3.05, 3.63) is 0 Å². The van der Waals surface area contributed by atoms with Crippen LogP contribution in [0, 0.1) is 0 Å². The second-order valence-corrected chi connectivity index (χ2v) is 12.1. The maximum atomic E-state index is 12.2. The van der Waals surface area contributed by atoms with Gasteiger partial charge >= 0.3 is 5.97 Å². The van der Waals surface area contributed by atoms with Crippen LogP contribution in [0.5, 0.6) is 0 Å². The smallest absolute Gasteiger partial charge is 0.326 e. The van der Waals surface area contributed by atoms with E-state index in [0.717, 1.165) is 23.5 Å². The van der Waals surface area contributed by atoms with Gasteiger partial charge in [-0.15, -0.1) is 23.5 Å². The zero-order chi connectivity index (χ0) is 31.4. The van der Waals surface area contributed by atoms with Crippen LogP contribution in [0.3, 0.4) is 0 Å². The van der Waals surface area contributed by atoms with Gasteiger partial charge in [0.05, 0.1) is 0 Å². The number of hydrogen-bond acceptors (Lipinski definition) is 15. The molecule has 2 amide bonds. The highest BCUT2D eigenvalue weighted by molar-refractivity contribution is 8.00. The molecule has 18 heteroatoms. The Hall–Kier alpha value is -1.87. The first kappa shape index (κ1) is 36.3. The molecular formula is C24H38N2O14S2. The predicted molar refractivity (Wildman–Crippen MR) is 146 cm³/mol. The van der Waals surface area contributed by atoms with E-state index in [1.54, 1.807) is 0 Å². The van der Waals surface area contributed by atoms with Crippen LogP contribution >= 0.6 is 23.5 Å². The zero-order valence-corrected chi connectivity index (χ0v) is 24.1. The Morgan fingerprint density at radius 1 is 0.714 bits per heavy atom. The third-order valence-electron chi connectivity index (χ3n) is 6.58. The van der Waals surface area contributed by atoms with Crippen molar-refractivity contribution in [3.8, 4) is 0 Å². The molecular weight excluding hydrogens is 604 g/mol. The minimum Gasteiger partial charge on any atom is -0.480 e. The van der Waals surface area contributed by atoms with Crippen LogP contribution in [0.15, 0.2) is 0 Å². The van der Waals surface area contributed by atoms with Crippen LogP contribution in [-0.2, 0) is 33.4 Å². The predicted octanol–water partition coefficient (Wildman–Crippen LogP) is -3.90. The van der Waals surface area contributed by atoms with Crippen molar-refractivity contribution in [2.24, 2.45) is 0 Å². The molecule has 9 N–H and O–H groups in total. The molecule has 2 rings (SSSR count). The highest BCUT2D eigenvalue weighted by Gasteiger charge is 2.44. The molecule has 0 bridgehead atoms. The van der Waals surface area contributed by atoms with Gasteiger partial charge in [0.2, 0.25) is 11.8 Å². The van der Waals surface area contributed by atoms with Gasteiger partial charge in [0.25, 0.3) is 0 Å². The van der Waals surface area contributed by atoms with Gasteiger partial charge in [-0.05, 0) is 19.3 Å². The summed E-state index contributed by atoms with van der Waals surface area (Å²) >= 11 is 1.94. The van der Waals surface area contributed by atoms with Crippen LogP contribution in [-0.4, -0.2) is 150 Å². The van der Waals surface area contributed by atoms with E-state index in [0.29, 0.717) is 25.4 Å². The number of hydrogen-bond donors (Lipinski definition) is 9. The number of carboxylic acids is 1. The number of nitrogens with one attached hydrogen (secondary N) is 2. The summed E-state index contributed by atoms with van der Waals surface area (Å²) in [5, 5.41) is 73.5. The summed E-state index contributed by atoms with van der Waals surface area (Å²) in [5.41, 5.74) is -2.07. The normalized spacial score (nSPS) is 33.8. The Morgan fingerprint density at radius 3 is 1.64 bits per heavy atom. The number of rotatable bonds is 17. The van der Waals surface area contributed by atoms with E-state index in [-0.39, 0.29) is 43.2 Å². The SMILES string of the molecule is O=C[C@H]1O[C@H](SCCC(=O)NCCCC[C@H](NC(=O)CCS[C@H]2O[C@H](C=O)[C@H](O)[C@H](O)[C@H]2O)C(=O)O)[C@H](O)[C@@H](O)[C@H]1O. The van der Waals surface area contributed by atoms with E-state index in [2.05, 4.69) is 10.6 Å². The van der Waals surface area contributed by atoms with E-state index < -0.39 is 77.6 Å². The van der Waals surface area contributed by atoms with Crippen LogP contribution in [0.1, 0.15) is 32.1 Å². The summed E-state index contributed by atoms with van der Waals surface area (Å²) in [5.74, 6) is -1.87.